The van der Waals surface area contributed by atoms with Gasteiger partial charge in [0.15, 0.2) is 0 Å². The molecule has 3 N–H and O–H groups in total. The molecule has 7 heteroatoms. The maximum atomic E-state index is 12.7. The third-order valence-corrected chi connectivity index (χ3v) is 3.66. The Morgan fingerprint density at radius 1 is 1.05 bits per heavy atom. The van der Waals surface area contributed by atoms with Gasteiger partial charge >= 0.3 is 0 Å². The number of hydrogen-bond acceptors (Lipinski definition) is 4. The highest BCUT2D eigenvalue weighted by molar-refractivity contribution is 8.00. The molecule has 5 nitrogen and oxygen atoms in total. The average Bonchev–Trinajstić information content (AvgIpc) is 2.52. The van der Waals surface area contributed by atoms with Gasteiger partial charge in [-0.2, -0.15) is 0 Å². The van der Waals surface area contributed by atoms with E-state index in [-0.39, 0.29) is 22.9 Å². The van der Waals surface area contributed by atoms with Gasteiger partial charge in [-0.25, -0.2) is 4.39 Å². The maximum Gasteiger partial charge on any atom is 0.273 e. The predicted molar refractivity (Wildman–Crippen MR) is 80.8 cm³/mol. The van der Waals surface area contributed by atoms with Crippen LogP contribution in [0.1, 0.15) is 10.4 Å². The number of benzene rings is 2. The quantitative estimate of drug-likeness (QED) is 0.595. The minimum absolute atomic E-state index is 0.0622. The van der Waals surface area contributed by atoms with Gasteiger partial charge in [-0.3, -0.25) is 20.4 Å². The Bertz CT molecular complexity index is 677. The smallest absolute Gasteiger partial charge is 0.273 e. The first kappa shape index (κ1) is 15.8. The van der Waals surface area contributed by atoms with Crippen LogP contribution in [0.25, 0.3) is 0 Å². The first-order chi connectivity index (χ1) is 10.6. The molecule has 0 spiro atoms. The van der Waals surface area contributed by atoms with Gasteiger partial charge in [-0.1, -0.05) is 12.1 Å². The number of aromatic hydroxyl groups is 1. The number of carbonyl (C=O) groups is 2. The molecule has 0 bridgehead atoms. The maximum absolute atomic E-state index is 12.7. The Morgan fingerprint density at radius 3 is 2.41 bits per heavy atom. The molecule has 0 atom stereocenters. The zero-order valence-corrected chi connectivity index (χ0v) is 12.2. The molecule has 0 fully saturated rings. The van der Waals surface area contributed by atoms with Crippen molar-refractivity contribution < 1.29 is 19.1 Å². The van der Waals surface area contributed by atoms with Crippen LogP contribution in [0.5, 0.6) is 5.75 Å². The van der Waals surface area contributed by atoms with E-state index in [0.717, 1.165) is 4.90 Å². The van der Waals surface area contributed by atoms with Crippen molar-refractivity contribution in [1.29, 1.82) is 0 Å². The normalized spacial score (nSPS) is 10.0. The zero-order chi connectivity index (χ0) is 15.9. The van der Waals surface area contributed by atoms with E-state index in [0.29, 0.717) is 0 Å². The predicted octanol–water partition coefficient (Wildman–Crippen LogP) is 2.08. The molecule has 0 unspecified atom stereocenters. The first-order valence-electron chi connectivity index (χ1n) is 6.32. The van der Waals surface area contributed by atoms with Crippen LogP contribution in [0.4, 0.5) is 4.39 Å². The molecule has 0 aliphatic carbocycles. The summed E-state index contributed by atoms with van der Waals surface area (Å²) < 4.78 is 12.7. The summed E-state index contributed by atoms with van der Waals surface area (Å²) >= 11 is 1.21. The topological polar surface area (TPSA) is 78.4 Å². The molecular formula is C15H13FN2O3S. The number of para-hydroxylation sites is 1. The van der Waals surface area contributed by atoms with Gasteiger partial charge in [-0.05, 0) is 36.4 Å². The number of amides is 2. The second-order valence-corrected chi connectivity index (χ2v) is 5.31. The van der Waals surface area contributed by atoms with Crippen LogP contribution in [0.3, 0.4) is 0 Å². The highest BCUT2D eigenvalue weighted by atomic mass is 32.2. The molecule has 2 aromatic carbocycles. The number of hydrogen-bond donors (Lipinski definition) is 3. The first-order valence-corrected chi connectivity index (χ1v) is 7.30. The van der Waals surface area contributed by atoms with Crippen LogP contribution in [0.2, 0.25) is 0 Å². The van der Waals surface area contributed by atoms with E-state index < -0.39 is 11.8 Å². The number of halogens is 1. The Labute approximate surface area is 130 Å². The molecule has 0 radical (unpaired) electrons. The Kier molecular flexibility index (Phi) is 5.37. The molecule has 22 heavy (non-hydrogen) atoms. The molecule has 0 aromatic heterocycles. The Balaban J connectivity index is 1.79. The third kappa shape index (κ3) is 4.49. The molecule has 0 saturated heterocycles. The average molecular weight is 320 g/mol. The highest BCUT2D eigenvalue weighted by Crippen LogP contribution is 2.17. The molecule has 2 amide bonds. The number of rotatable bonds is 4. The second kappa shape index (κ2) is 7.46. The summed E-state index contributed by atoms with van der Waals surface area (Å²) in [7, 11) is 0. The number of thioether (sulfide) groups is 1. The van der Waals surface area contributed by atoms with E-state index in [2.05, 4.69) is 10.9 Å². The Hall–Kier alpha value is -2.54. The number of nitrogens with one attached hydrogen (secondary N) is 2. The lowest BCUT2D eigenvalue weighted by Crippen LogP contribution is -2.42. The summed E-state index contributed by atoms with van der Waals surface area (Å²) in [6.07, 6.45) is 0. The van der Waals surface area contributed by atoms with Gasteiger partial charge in [-0.15, -0.1) is 11.8 Å². The van der Waals surface area contributed by atoms with Crippen LogP contribution in [-0.2, 0) is 4.79 Å². The fourth-order valence-electron chi connectivity index (χ4n) is 1.58. The molecule has 0 aliphatic rings. The second-order valence-electron chi connectivity index (χ2n) is 4.26. The van der Waals surface area contributed by atoms with Gasteiger partial charge < -0.3 is 5.11 Å². The van der Waals surface area contributed by atoms with Crippen molar-refractivity contribution in [3.63, 3.8) is 0 Å². The third-order valence-electron chi connectivity index (χ3n) is 2.65. The van der Waals surface area contributed by atoms with Gasteiger partial charge in [0.25, 0.3) is 5.91 Å². The van der Waals surface area contributed by atoms with E-state index in [1.54, 1.807) is 24.3 Å². The lowest BCUT2D eigenvalue weighted by molar-refractivity contribution is -0.119. The van der Waals surface area contributed by atoms with Crippen molar-refractivity contribution in [2.75, 3.05) is 5.75 Å². The van der Waals surface area contributed by atoms with Gasteiger partial charge in [0.05, 0.1) is 11.3 Å². The summed E-state index contributed by atoms with van der Waals surface area (Å²) in [4.78, 5) is 24.1. The van der Waals surface area contributed by atoms with Gasteiger partial charge in [0.1, 0.15) is 11.6 Å². The summed E-state index contributed by atoms with van der Waals surface area (Å²) in [5, 5.41) is 9.51. The summed E-state index contributed by atoms with van der Waals surface area (Å²) in [6, 6.07) is 11.7. The lowest BCUT2D eigenvalue weighted by atomic mass is 10.2. The van der Waals surface area contributed by atoms with Crippen molar-refractivity contribution in [3.05, 3.63) is 59.9 Å². The lowest BCUT2D eigenvalue weighted by Gasteiger charge is -2.08. The van der Waals surface area contributed by atoms with Gasteiger partial charge in [0.2, 0.25) is 5.91 Å². The van der Waals surface area contributed by atoms with Crippen molar-refractivity contribution in [2.45, 2.75) is 4.90 Å². The number of carbonyl (C=O) groups excluding carboxylic acids is 2. The van der Waals surface area contributed by atoms with Crippen LogP contribution in [-0.4, -0.2) is 22.7 Å². The van der Waals surface area contributed by atoms with E-state index in [1.807, 2.05) is 0 Å². The summed E-state index contributed by atoms with van der Waals surface area (Å²) in [5.41, 5.74) is 4.52. The molecule has 0 heterocycles. The van der Waals surface area contributed by atoms with Crippen molar-refractivity contribution in [1.82, 2.24) is 10.9 Å². The molecule has 114 valence electrons. The SMILES string of the molecule is O=C(CSc1ccc(F)cc1)NNC(=O)c1ccccc1O. The minimum atomic E-state index is -0.613. The monoisotopic (exact) mass is 320 g/mol. The van der Waals surface area contributed by atoms with Crippen LogP contribution < -0.4 is 10.9 Å². The Morgan fingerprint density at radius 2 is 1.73 bits per heavy atom. The molecule has 2 rings (SSSR count). The van der Waals surface area contributed by atoms with Crippen LogP contribution >= 0.6 is 11.8 Å². The highest BCUT2D eigenvalue weighted by Gasteiger charge is 2.11. The van der Waals surface area contributed by atoms with Gasteiger partial charge in [0, 0.05) is 4.90 Å². The summed E-state index contributed by atoms with van der Waals surface area (Å²) in [6.45, 7) is 0. The number of hydrazine groups is 1. The van der Waals surface area contributed by atoms with Crippen LogP contribution in [0, 0.1) is 5.82 Å². The number of phenols is 1. The largest absolute Gasteiger partial charge is 0.507 e. The van der Waals surface area contributed by atoms with E-state index in [9.17, 15) is 19.1 Å². The van der Waals surface area contributed by atoms with Crippen molar-refractivity contribution >= 4 is 23.6 Å². The fraction of sp³-hybridized carbons (Fsp3) is 0.0667. The molecule has 0 saturated carbocycles. The molecule has 2 aromatic rings. The molecular weight excluding hydrogens is 307 g/mol. The van der Waals surface area contributed by atoms with Crippen molar-refractivity contribution in [3.8, 4) is 5.75 Å². The zero-order valence-electron chi connectivity index (χ0n) is 11.4. The van der Waals surface area contributed by atoms with E-state index in [4.69, 9.17) is 0 Å². The van der Waals surface area contributed by atoms with Crippen LogP contribution in [0.15, 0.2) is 53.4 Å². The van der Waals surface area contributed by atoms with E-state index >= 15 is 0 Å². The minimum Gasteiger partial charge on any atom is -0.507 e. The van der Waals surface area contributed by atoms with Crippen molar-refractivity contribution in [2.24, 2.45) is 0 Å². The van der Waals surface area contributed by atoms with E-state index in [1.165, 1.54) is 36.0 Å². The summed E-state index contributed by atoms with van der Waals surface area (Å²) in [5.74, 6) is -1.48. The molecule has 0 aliphatic heterocycles. The standard InChI is InChI=1S/C15H13FN2O3S/c16-10-5-7-11(8-6-10)22-9-14(20)17-18-15(21)12-3-1-2-4-13(12)19/h1-8,19H,9H2,(H,17,20)(H,18,21). The fourth-order valence-corrected chi connectivity index (χ4v) is 2.27. The number of phenolic OH excluding ortho intramolecular Hbond substituents is 1.